The van der Waals surface area contributed by atoms with E-state index in [1.807, 2.05) is 12.1 Å². The molecule has 3 heteroatoms. The Morgan fingerprint density at radius 3 is 2.48 bits per heavy atom. The lowest BCUT2D eigenvalue weighted by Gasteiger charge is -2.26. The van der Waals surface area contributed by atoms with Gasteiger partial charge in [0.1, 0.15) is 5.75 Å². The Bertz CT molecular complexity index is 391. The molecule has 0 heterocycles. The summed E-state index contributed by atoms with van der Waals surface area (Å²) in [6.45, 7) is 8.90. The van der Waals surface area contributed by atoms with Crippen molar-refractivity contribution >= 4 is 0 Å². The molecule has 0 spiro atoms. The van der Waals surface area contributed by atoms with E-state index in [2.05, 4.69) is 50.2 Å². The quantitative estimate of drug-likeness (QED) is 0.716. The van der Waals surface area contributed by atoms with E-state index in [1.165, 1.54) is 18.4 Å². The third kappa shape index (κ3) is 6.06. The van der Waals surface area contributed by atoms with Crippen LogP contribution in [0.4, 0.5) is 0 Å². The predicted octanol–water partition coefficient (Wildman–Crippen LogP) is 3.34. The van der Waals surface area contributed by atoms with Crippen molar-refractivity contribution in [1.82, 2.24) is 10.2 Å². The summed E-state index contributed by atoms with van der Waals surface area (Å²) in [6, 6.07) is 9.46. The third-order valence-corrected chi connectivity index (χ3v) is 4.34. The Kier molecular flexibility index (Phi) is 8.40. The van der Waals surface area contributed by atoms with Crippen molar-refractivity contribution in [1.29, 1.82) is 0 Å². The van der Waals surface area contributed by atoms with Gasteiger partial charge < -0.3 is 15.0 Å². The largest absolute Gasteiger partial charge is 0.496 e. The van der Waals surface area contributed by atoms with Crippen LogP contribution in [0, 0.1) is 0 Å². The molecule has 1 rings (SSSR count). The molecule has 120 valence electrons. The number of nitrogens with one attached hydrogen (secondary N) is 1. The van der Waals surface area contributed by atoms with Gasteiger partial charge >= 0.3 is 0 Å². The minimum atomic E-state index is 0.504. The molecule has 3 nitrogen and oxygen atoms in total. The van der Waals surface area contributed by atoms with Gasteiger partial charge in [0.15, 0.2) is 0 Å². The number of ether oxygens (including phenoxy) is 1. The monoisotopic (exact) mass is 292 g/mol. The molecule has 1 atom stereocenters. The van der Waals surface area contributed by atoms with Gasteiger partial charge in [-0.15, -0.1) is 0 Å². The van der Waals surface area contributed by atoms with Gasteiger partial charge in [-0.1, -0.05) is 32.0 Å². The molecule has 0 radical (unpaired) electrons. The Hall–Kier alpha value is -1.06. The molecule has 0 aromatic heterocycles. The van der Waals surface area contributed by atoms with Gasteiger partial charge in [0.2, 0.25) is 0 Å². The Balaban J connectivity index is 2.42. The molecule has 0 fully saturated rings. The zero-order chi connectivity index (χ0) is 15.7. The highest BCUT2D eigenvalue weighted by Gasteiger charge is 2.12. The lowest BCUT2D eigenvalue weighted by Crippen LogP contribution is -2.39. The summed E-state index contributed by atoms with van der Waals surface area (Å²) >= 11 is 0. The first-order valence-electron chi connectivity index (χ1n) is 8.17. The number of para-hydroxylation sites is 1. The SMILES string of the molecule is CCC(CC)NCCN(C)C(C)Cc1ccccc1OC. The number of likely N-dealkylation sites (N-methyl/N-ethyl adjacent to an activating group) is 1. The smallest absolute Gasteiger partial charge is 0.122 e. The molecule has 0 saturated carbocycles. The number of hydrogen-bond donors (Lipinski definition) is 1. The van der Waals surface area contributed by atoms with E-state index in [0.29, 0.717) is 12.1 Å². The second kappa shape index (κ2) is 9.80. The molecule has 0 aliphatic rings. The second-order valence-electron chi connectivity index (χ2n) is 5.81. The molecule has 21 heavy (non-hydrogen) atoms. The summed E-state index contributed by atoms with van der Waals surface area (Å²) in [5.74, 6) is 0.993. The second-order valence-corrected chi connectivity index (χ2v) is 5.81. The zero-order valence-electron chi connectivity index (χ0n) is 14.4. The van der Waals surface area contributed by atoms with Crippen molar-refractivity contribution in [3.8, 4) is 5.75 Å². The fourth-order valence-corrected chi connectivity index (χ4v) is 2.59. The normalized spacial score (nSPS) is 12.9. The molecule has 0 aliphatic carbocycles. The molecule has 0 aliphatic heterocycles. The summed E-state index contributed by atoms with van der Waals surface area (Å²) in [5, 5.41) is 3.62. The third-order valence-electron chi connectivity index (χ3n) is 4.34. The van der Waals surface area contributed by atoms with Crippen molar-refractivity contribution in [3.05, 3.63) is 29.8 Å². The van der Waals surface area contributed by atoms with E-state index in [4.69, 9.17) is 4.74 Å². The highest BCUT2D eigenvalue weighted by atomic mass is 16.5. The van der Waals surface area contributed by atoms with Gasteiger partial charge in [-0.2, -0.15) is 0 Å². The maximum Gasteiger partial charge on any atom is 0.122 e. The van der Waals surface area contributed by atoms with E-state index in [1.54, 1.807) is 7.11 Å². The summed E-state index contributed by atoms with van der Waals surface area (Å²) in [4.78, 5) is 2.42. The zero-order valence-corrected chi connectivity index (χ0v) is 14.4. The van der Waals surface area contributed by atoms with Crippen LogP contribution in [-0.4, -0.2) is 44.2 Å². The molecule has 0 bridgehead atoms. The number of hydrogen-bond acceptors (Lipinski definition) is 3. The topological polar surface area (TPSA) is 24.5 Å². The van der Waals surface area contributed by atoms with Crippen molar-refractivity contribution in [2.24, 2.45) is 0 Å². The van der Waals surface area contributed by atoms with Gasteiger partial charge in [-0.3, -0.25) is 0 Å². The first-order chi connectivity index (χ1) is 10.1. The Morgan fingerprint density at radius 1 is 1.19 bits per heavy atom. The molecule has 0 amide bonds. The van der Waals surface area contributed by atoms with Crippen molar-refractivity contribution in [2.45, 2.75) is 52.1 Å². The van der Waals surface area contributed by atoms with Gasteiger partial charge in [-0.25, -0.2) is 0 Å². The number of benzene rings is 1. The maximum absolute atomic E-state index is 5.44. The summed E-state index contributed by atoms with van der Waals surface area (Å²) < 4.78 is 5.44. The lowest BCUT2D eigenvalue weighted by molar-refractivity contribution is 0.249. The summed E-state index contributed by atoms with van der Waals surface area (Å²) in [6.07, 6.45) is 3.43. The van der Waals surface area contributed by atoms with Gasteiger partial charge in [-0.05, 0) is 44.9 Å². The van der Waals surface area contributed by atoms with Crippen LogP contribution in [0.5, 0.6) is 5.75 Å². The maximum atomic E-state index is 5.44. The Labute approximate surface area is 130 Å². The van der Waals surface area contributed by atoms with E-state index in [9.17, 15) is 0 Å². The molecule has 1 N–H and O–H groups in total. The van der Waals surface area contributed by atoms with Crippen LogP contribution in [-0.2, 0) is 6.42 Å². The lowest BCUT2D eigenvalue weighted by atomic mass is 10.1. The van der Waals surface area contributed by atoms with Gasteiger partial charge in [0.25, 0.3) is 0 Å². The van der Waals surface area contributed by atoms with E-state index in [0.717, 1.165) is 25.3 Å². The molecular weight excluding hydrogens is 260 g/mol. The van der Waals surface area contributed by atoms with Gasteiger partial charge in [0.05, 0.1) is 7.11 Å². The average molecular weight is 292 g/mol. The highest BCUT2D eigenvalue weighted by Crippen LogP contribution is 2.20. The van der Waals surface area contributed by atoms with Crippen LogP contribution in [0.2, 0.25) is 0 Å². The van der Waals surface area contributed by atoms with Crippen LogP contribution in [0.1, 0.15) is 39.2 Å². The van der Waals surface area contributed by atoms with Crippen molar-refractivity contribution < 1.29 is 4.74 Å². The summed E-state index contributed by atoms with van der Waals surface area (Å²) in [5.41, 5.74) is 1.28. The number of nitrogens with zero attached hydrogens (tertiary/aromatic N) is 1. The molecule has 1 aromatic carbocycles. The van der Waals surface area contributed by atoms with Crippen molar-refractivity contribution in [3.63, 3.8) is 0 Å². The van der Waals surface area contributed by atoms with Crippen LogP contribution >= 0.6 is 0 Å². The predicted molar refractivity (Wildman–Crippen MR) is 91.2 cm³/mol. The molecule has 1 aromatic rings. The fraction of sp³-hybridized carbons (Fsp3) is 0.667. The number of methoxy groups -OCH3 is 1. The van der Waals surface area contributed by atoms with E-state index < -0.39 is 0 Å². The van der Waals surface area contributed by atoms with Crippen molar-refractivity contribution in [2.75, 3.05) is 27.2 Å². The van der Waals surface area contributed by atoms with Crippen LogP contribution in [0.15, 0.2) is 24.3 Å². The minimum absolute atomic E-state index is 0.504. The summed E-state index contributed by atoms with van der Waals surface area (Å²) in [7, 11) is 3.95. The van der Waals surface area contributed by atoms with Gasteiger partial charge in [0, 0.05) is 25.2 Å². The molecule has 1 unspecified atom stereocenters. The average Bonchev–Trinajstić information content (AvgIpc) is 2.51. The number of rotatable bonds is 10. The first-order valence-corrected chi connectivity index (χ1v) is 8.17. The van der Waals surface area contributed by atoms with Crippen LogP contribution in [0.25, 0.3) is 0 Å². The minimum Gasteiger partial charge on any atom is -0.496 e. The van der Waals surface area contributed by atoms with E-state index >= 15 is 0 Å². The van der Waals surface area contributed by atoms with E-state index in [-0.39, 0.29) is 0 Å². The van der Waals surface area contributed by atoms with Crippen LogP contribution < -0.4 is 10.1 Å². The fourth-order valence-electron chi connectivity index (χ4n) is 2.59. The first kappa shape index (κ1) is 18.0. The standard InChI is InChI=1S/C18H32N2O/c1-6-17(7-2)19-12-13-20(4)15(3)14-16-10-8-9-11-18(16)21-5/h8-11,15,17,19H,6-7,12-14H2,1-5H3. The van der Waals surface area contributed by atoms with Crippen LogP contribution in [0.3, 0.4) is 0 Å². The molecule has 0 saturated heterocycles. The molecular formula is C18H32N2O. The highest BCUT2D eigenvalue weighted by molar-refractivity contribution is 5.33. The Morgan fingerprint density at radius 2 is 1.86 bits per heavy atom.